The lowest BCUT2D eigenvalue weighted by molar-refractivity contribution is 0.0593. The van der Waals surface area contributed by atoms with Crippen LogP contribution in [0.5, 0.6) is 0 Å². The molecule has 9 heteroatoms. The first-order valence-electron chi connectivity index (χ1n) is 6.34. The topological polar surface area (TPSA) is 145 Å². The van der Waals surface area contributed by atoms with Crippen molar-refractivity contribution in [3.63, 3.8) is 0 Å². The molecule has 2 aromatic rings. The number of carbonyl (C=O) groups is 1. The maximum absolute atomic E-state index is 12.0. The van der Waals surface area contributed by atoms with Gasteiger partial charge in [0.25, 0.3) is 0 Å². The minimum absolute atomic E-state index is 0.0196. The van der Waals surface area contributed by atoms with Gasteiger partial charge in [-0.05, 0) is 12.1 Å². The maximum atomic E-state index is 12.0. The molecular weight excluding hydrogens is 299 g/mol. The average molecular weight is 310 g/mol. The van der Waals surface area contributed by atoms with Crippen LogP contribution in [-0.2, 0) is 4.74 Å². The van der Waals surface area contributed by atoms with Crippen LogP contribution in [0.2, 0.25) is 0 Å². The van der Waals surface area contributed by atoms with Gasteiger partial charge in [-0.25, -0.2) is 4.79 Å². The standard InChI is InChI=1S/C14H11BN4O4/c1-23-14(20)13-12(18)9(6-17)7-19(13)11-4-8(5-16)2-3-10(11)15(21)22/h2-4,7,21-22H,18H2,1H3. The van der Waals surface area contributed by atoms with Crippen molar-refractivity contribution in [3.05, 3.63) is 41.2 Å². The fraction of sp³-hybridized carbons (Fsp3) is 0.0714. The van der Waals surface area contributed by atoms with E-state index in [2.05, 4.69) is 4.74 Å². The minimum Gasteiger partial charge on any atom is -0.464 e. The predicted molar refractivity (Wildman–Crippen MR) is 80.8 cm³/mol. The maximum Gasteiger partial charge on any atom is 0.490 e. The van der Waals surface area contributed by atoms with Gasteiger partial charge in [-0.1, -0.05) is 6.07 Å². The Kier molecular flexibility index (Phi) is 4.37. The van der Waals surface area contributed by atoms with E-state index in [0.717, 1.165) is 7.11 Å². The number of nitrogens with zero attached hydrogens (tertiary/aromatic N) is 3. The molecule has 0 saturated heterocycles. The van der Waals surface area contributed by atoms with Crippen molar-refractivity contribution in [2.24, 2.45) is 0 Å². The molecule has 23 heavy (non-hydrogen) atoms. The zero-order valence-electron chi connectivity index (χ0n) is 12.0. The molecular formula is C14H11BN4O4. The minimum atomic E-state index is -1.85. The highest BCUT2D eigenvalue weighted by Crippen LogP contribution is 2.24. The van der Waals surface area contributed by atoms with Gasteiger partial charge in [-0.3, -0.25) is 0 Å². The number of anilines is 1. The number of nitrogen functional groups attached to an aromatic ring is 1. The van der Waals surface area contributed by atoms with Crippen molar-refractivity contribution >= 4 is 24.2 Å². The molecule has 1 heterocycles. The summed E-state index contributed by atoms with van der Waals surface area (Å²) in [6, 6.07) is 7.83. The molecule has 1 aromatic carbocycles. The van der Waals surface area contributed by atoms with E-state index in [-0.39, 0.29) is 33.7 Å². The Morgan fingerprint density at radius 2 is 2.04 bits per heavy atom. The van der Waals surface area contributed by atoms with E-state index in [1.54, 1.807) is 0 Å². The number of nitrogens with two attached hydrogens (primary N) is 1. The van der Waals surface area contributed by atoms with E-state index < -0.39 is 13.1 Å². The van der Waals surface area contributed by atoms with Gasteiger partial charge in [-0.15, -0.1) is 0 Å². The third kappa shape index (κ3) is 2.74. The lowest BCUT2D eigenvalue weighted by Gasteiger charge is -2.13. The van der Waals surface area contributed by atoms with Crippen molar-refractivity contribution in [1.29, 1.82) is 10.5 Å². The normalized spacial score (nSPS) is 9.78. The molecule has 0 bridgehead atoms. The Morgan fingerprint density at radius 3 is 2.57 bits per heavy atom. The summed E-state index contributed by atoms with van der Waals surface area (Å²) in [5, 5.41) is 37.1. The molecule has 1 aromatic heterocycles. The highest BCUT2D eigenvalue weighted by molar-refractivity contribution is 6.60. The van der Waals surface area contributed by atoms with E-state index in [1.165, 1.54) is 29.0 Å². The van der Waals surface area contributed by atoms with Gasteiger partial charge < -0.3 is 25.1 Å². The van der Waals surface area contributed by atoms with Gasteiger partial charge in [0.2, 0.25) is 0 Å². The lowest BCUT2D eigenvalue weighted by atomic mass is 9.78. The van der Waals surface area contributed by atoms with E-state index in [9.17, 15) is 14.8 Å². The second-order valence-electron chi connectivity index (χ2n) is 4.54. The largest absolute Gasteiger partial charge is 0.490 e. The number of benzene rings is 1. The third-order valence-corrected chi connectivity index (χ3v) is 3.24. The van der Waals surface area contributed by atoms with Crippen molar-refractivity contribution < 1.29 is 19.6 Å². The monoisotopic (exact) mass is 310 g/mol. The molecule has 4 N–H and O–H groups in total. The van der Waals surface area contributed by atoms with Crippen LogP contribution in [0.4, 0.5) is 5.69 Å². The van der Waals surface area contributed by atoms with E-state index >= 15 is 0 Å². The fourth-order valence-corrected chi connectivity index (χ4v) is 2.14. The van der Waals surface area contributed by atoms with Crippen molar-refractivity contribution in [1.82, 2.24) is 4.57 Å². The molecule has 0 radical (unpaired) electrons. The smallest absolute Gasteiger partial charge is 0.464 e. The molecule has 8 nitrogen and oxygen atoms in total. The van der Waals surface area contributed by atoms with E-state index in [1.807, 2.05) is 12.1 Å². The number of hydrogen-bond acceptors (Lipinski definition) is 7. The number of hydrogen-bond donors (Lipinski definition) is 3. The lowest BCUT2D eigenvalue weighted by Crippen LogP contribution is -2.34. The molecule has 0 aliphatic rings. The van der Waals surface area contributed by atoms with Gasteiger partial charge >= 0.3 is 13.1 Å². The van der Waals surface area contributed by atoms with Gasteiger partial charge in [0, 0.05) is 17.3 Å². The number of aromatic nitrogens is 1. The summed E-state index contributed by atoms with van der Waals surface area (Å²) >= 11 is 0. The van der Waals surface area contributed by atoms with Crippen LogP contribution in [0.15, 0.2) is 24.4 Å². The van der Waals surface area contributed by atoms with E-state index in [0.29, 0.717) is 0 Å². The summed E-state index contributed by atoms with van der Waals surface area (Å²) in [5.74, 6) is -0.801. The van der Waals surface area contributed by atoms with Gasteiger partial charge in [0.15, 0.2) is 5.69 Å². The van der Waals surface area contributed by atoms with Crippen LogP contribution in [-0.4, -0.2) is 34.8 Å². The van der Waals surface area contributed by atoms with E-state index in [4.69, 9.17) is 16.3 Å². The molecule has 114 valence electrons. The third-order valence-electron chi connectivity index (χ3n) is 3.24. The van der Waals surface area contributed by atoms with Gasteiger partial charge in [0.1, 0.15) is 6.07 Å². The fourth-order valence-electron chi connectivity index (χ4n) is 2.14. The molecule has 0 fully saturated rings. The Hall–Kier alpha value is -3.27. The van der Waals surface area contributed by atoms with Crippen molar-refractivity contribution in [3.8, 4) is 17.8 Å². The number of ether oxygens (including phenoxy) is 1. The first kappa shape index (κ1) is 16.1. The van der Waals surface area contributed by atoms with Crippen molar-refractivity contribution in [2.45, 2.75) is 0 Å². The number of esters is 1. The summed E-state index contributed by atoms with van der Waals surface area (Å²) < 4.78 is 5.86. The molecule has 0 amide bonds. The average Bonchev–Trinajstić information content (AvgIpc) is 2.89. The molecule has 0 aliphatic heterocycles. The van der Waals surface area contributed by atoms with Crippen LogP contribution in [0.25, 0.3) is 5.69 Å². The number of methoxy groups -OCH3 is 1. The first-order valence-corrected chi connectivity index (χ1v) is 6.34. The number of rotatable bonds is 3. The summed E-state index contributed by atoms with van der Waals surface area (Å²) in [6.07, 6.45) is 1.27. The molecule has 0 aliphatic carbocycles. The Bertz CT molecular complexity index is 861. The second kappa shape index (κ2) is 6.24. The molecule has 2 rings (SSSR count). The summed E-state index contributed by atoms with van der Waals surface area (Å²) in [5.41, 5.74) is 5.97. The molecule has 0 unspecified atom stereocenters. The van der Waals surface area contributed by atoms with Crippen molar-refractivity contribution in [2.75, 3.05) is 12.8 Å². The number of nitriles is 2. The van der Waals surface area contributed by atoms with Crippen LogP contribution in [0, 0.1) is 22.7 Å². The molecule has 0 spiro atoms. The van der Waals surface area contributed by atoms with Crippen LogP contribution < -0.4 is 11.2 Å². The van der Waals surface area contributed by atoms with Crippen LogP contribution in [0.3, 0.4) is 0 Å². The highest BCUT2D eigenvalue weighted by atomic mass is 16.5. The summed E-state index contributed by atoms with van der Waals surface area (Å²) in [4.78, 5) is 12.0. The quantitative estimate of drug-likeness (QED) is 0.500. The highest BCUT2D eigenvalue weighted by Gasteiger charge is 2.25. The zero-order chi connectivity index (χ0) is 17.1. The zero-order valence-corrected chi connectivity index (χ0v) is 12.0. The second-order valence-corrected chi connectivity index (χ2v) is 4.54. The van der Waals surface area contributed by atoms with Gasteiger partial charge in [-0.2, -0.15) is 10.5 Å². The number of carbonyl (C=O) groups excluding carboxylic acids is 1. The Labute approximate surface area is 131 Å². The summed E-state index contributed by atoms with van der Waals surface area (Å²) in [6.45, 7) is 0. The molecule has 0 saturated carbocycles. The predicted octanol–water partition coefficient (Wildman–Crippen LogP) is -0.731. The van der Waals surface area contributed by atoms with Crippen LogP contribution >= 0.6 is 0 Å². The first-order chi connectivity index (χ1) is 10.9. The Morgan fingerprint density at radius 1 is 1.35 bits per heavy atom. The molecule has 0 atom stereocenters. The van der Waals surface area contributed by atoms with Crippen LogP contribution in [0.1, 0.15) is 21.6 Å². The SMILES string of the molecule is COC(=O)c1c(N)c(C#N)cn1-c1cc(C#N)ccc1B(O)O. The Balaban J connectivity index is 2.84. The van der Waals surface area contributed by atoms with Gasteiger partial charge in [0.05, 0.1) is 30.0 Å². The summed E-state index contributed by atoms with van der Waals surface area (Å²) in [7, 11) is -0.698.